The van der Waals surface area contributed by atoms with Crippen LogP contribution in [0.3, 0.4) is 0 Å². The van der Waals surface area contributed by atoms with Crippen molar-refractivity contribution in [3.8, 4) is 11.1 Å². The lowest BCUT2D eigenvalue weighted by Gasteiger charge is -2.11. The van der Waals surface area contributed by atoms with Gasteiger partial charge >= 0.3 is 0 Å². The molecule has 0 bridgehead atoms. The fourth-order valence-corrected chi connectivity index (χ4v) is 2.35. The van der Waals surface area contributed by atoms with E-state index < -0.39 is 0 Å². The Morgan fingerprint density at radius 3 is 2.05 bits per heavy atom. The highest BCUT2D eigenvalue weighted by molar-refractivity contribution is 5.87. The predicted octanol–water partition coefficient (Wildman–Crippen LogP) is 5.81. The summed E-state index contributed by atoms with van der Waals surface area (Å²) < 4.78 is 0. The first-order valence-corrected chi connectivity index (χ1v) is 7.21. The van der Waals surface area contributed by atoms with Crippen molar-refractivity contribution in [1.82, 2.24) is 0 Å². The van der Waals surface area contributed by atoms with Crippen LogP contribution in [-0.2, 0) is 0 Å². The molecule has 0 heterocycles. The van der Waals surface area contributed by atoms with Crippen molar-refractivity contribution in [3.63, 3.8) is 0 Å². The van der Waals surface area contributed by atoms with Crippen LogP contribution in [0.1, 0.15) is 0 Å². The summed E-state index contributed by atoms with van der Waals surface area (Å²) in [5.74, 6) is 0. The zero-order chi connectivity index (χ0) is 15.2. The molecule has 0 atom stereocenters. The fourth-order valence-electron chi connectivity index (χ4n) is 2.35. The third-order valence-electron chi connectivity index (χ3n) is 3.40. The van der Waals surface area contributed by atoms with E-state index in [1.165, 1.54) is 0 Å². The summed E-state index contributed by atoms with van der Waals surface area (Å²) >= 11 is 0. The van der Waals surface area contributed by atoms with E-state index in [1.54, 1.807) is 0 Å². The Balaban J connectivity index is 2.06. The number of benzene rings is 3. The zero-order valence-corrected chi connectivity index (χ0v) is 12.4. The topological polar surface area (TPSA) is 36.8 Å². The number of hydrogen-bond acceptors (Lipinski definition) is 3. The van der Waals surface area contributed by atoms with Gasteiger partial charge in [-0.05, 0) is 29.8 Å². The standard InChI is InChI=1S/C19H17N3/c1-20-17-13-8-14-18(19(17)15-9-4-2-5-10-15)22-21-16-11-6-3-7-12-16/h2-14,20H,1H3. The fraction of sp³-hybridized carbons (Fsp3) is 0.0526. The van der Waals surface area contributed by atoms with Gasteiger partial charge in [0.15, 0.2) is 0 Å². The Morgan fingerprint density at radius 2 is 1.36 bits per heavy atom. The Kier molecular flexibility index (Phi) is 4.25. The minimum atomic E-state index is 0.844. The van der Waals surface area contributed by atoms with E-state index in [0.717, 1.165) is 28.2 Å². The van der Waals surface area contributed by atoms with E-state index in [4.69, 9.17) is 0 Å². The van der Waals surface area contributed by atoms with Crippen LogP contribution in [0.4, 0.5) is 17.1 Å². The molecule has 3 heteroatoms. The highest BCUT2D eigenvalue weighted by Gasteiger charge is 2.09. The molecule has 108 valence electrons. The van der Waals surface area contributed by atoms with Gasteiger partial charge in [0.1, 0.15) is 0 Å². The number of azo groups is 1. The molecule has 0 aliphatic carbocycles. The highest BCUT2D eigenvalue weighted by Crippen LogP contribution is 2.37. The molecule has 1 N–H and O–H groups in total. The van der Waals surface area contributed by atoms with Gasteiger partial charge in [0, 0.05) is 18.3 Å². The van der Waals surface area contributed by atoms with Gasteiger partial charge in [0.2, 0.25) is 0 Å². The summed E-state index contributed by atoms with van der Waals surface area (Å²) in [4.78, 5) is 0. The van der Waals surface area contributed by atoms with Crippen molar-refractivity contribution < 1.29 is 0 Å². The summed E-state index contributed by atoms with van der Waals surface area (Å²) in [6, 6.07) is 26.0. The molecule has 0 aliphatic heterocycles. The van der Waals surface area contributed by atoms with Crippen molar-refractivity contribution in [3.05, 3.63) is 78.9 Å². The third kappa shape index (κ3) is 3.04. The van der Waals surface area contributed by atoms with Crippen LogP contribution in [0, 0.1) is 0 Å². The van der Waals surface area contributed by atoms with Crippen molar-refractivity contribution in [1.29, 1.82) is 0 Å². The lowest BCUT2D eigenvalue weighted by molar-refractivity contribution is 1.23. The smallest absolute Gasteiger partial charge is 0.0956 e. The van der Waals surface area contributed by atoms with Gasteiger partial charge in [-0.3, -0.25) is 0 Å². The first-order chi connectivity index (χ1) is 10.9. The Bertz CT molecular complexity index is 765. The third-order valence-corrected chi connectivity index (χ3v) is 3.40. The second-order valence-corrected chi connectivity index (χ2v) is 4.85. The molecule has 22 heavy (non-hydrogen) atoms. The predicted molar refractivity (Wildman–Crippen MR) is 92.0 cm³/mol. The quantitative estimate of drug-likeness (QED) is 0.604. The van der Waals surface area contributed by atoms with Gasteiger partial charge in [-0.25, -0.2) is 0 Å². The van der Waals surface area contributed by atoms with Crippen molar-refractivity contribution in [2.75, 3.05) is 12.4 Å². The van der Waals surface area contributed by atoms with E-state index in [1.807, 2.05) is 73.8 Å². The Hall–Kier alpha value is -2.94. The lowest BCUT2D eigenvalue weighted by Crippen LogP contribution is -1.91. The van der Waals surface area contributed by atoms with Crippen LogP contribution in [0.5, 0.6) is 0 Å². The van der Waals surface area contributed by atoms with Gasteiger partial charge in [-0.1, -0.05) is 54.6 Å². The normalized spacial score (nSPS) is 10.8. The maximum atomic E-state index is 4.45. The molecule has 0 radical (unpaired) electrons. The largest absolute Gasteiger partial charge is 0.388 e. The minimum Gasteiger partial charge on any atom is -0.388 e. The van der Waals surface area contributed by atoms with Crippen molar-refractivity contribution in [2.45, 2.75) is 0 Å². The average molecular weight is 287 g/mol. The van der Waals surface area contributed by atoms with Gasteiger partial charge in [0.25, 0.3) is 0 Å². The molecule has 0 spiro atoms. The minimum absolute atomic E-state index is 0.844. The van der Waals surface area contributed by atoms with E-state index >= 15 is 0 Å². The molecule has 0 fully saturated rings. The maximum absolute atomic E-state index is 4.45. The maximum Gasteiger partial charge on any atom is 0.0956 e. The second kappa shape index (κ2) is 6.68. The monoisotopic (exact) mass is 287 g/mol. The summed E-state index contributed by atoms with van der Waals surface area (Å²) in [6.45, 7) is 0. The molecule has 0 aromatic heterocycles. The number of anilines is 1. The molecule has 0 amide bonds. The summed E-state index contributed by atoms with van der Waals surface area (Å²) in [7, 11) is 1.92. The summed E-state index contributed by atoms with van der Waals surface area (Å²) in [5.41, 5.74) is 4.91. The first kappa shape index (κ1) is 14.0. The molecular weight excluding hydrogens is 270 g/mol. The number of rotatable bonds is 4. The van der Waals surface area contributed by atoms with E-state index in [9.17, 15) is 0 Å². The summed E-state index contributed by atoms with van der Waals surface area (Å²) in [5, 5.41) is 12.0. The van der Waals surface area contributed by atoms with Crippen LogP contribution < -0.4 is 5.32 Å². The molecule has 0 unspecified atom stereocenters. The molecule has 3 rings (SSSR count). The Morgan fingerprint density at radius 1 is 0.682 bits per heavy atom. The van der Waals surface area contributed by atoms with E-state index in [-0.39, 0.29) is 0 Å². The SMILES string of the molecule is CNc1cccc(N=Nc2ccccc2)c1-c1ccccc1. The molecule has 0 saturated carbocycles. The molecule has 0 saturated heterocycles. The van der Waals surface area contributed by atoms with E-state index in [0.29, 0.717) is 0 Å². The molecule has 0 aliphatic rings. The first-order valence-electron chi connectivity index (χ1n) is 7.21. The van der Waals surface area contributed by atoms with Gasteiger partial charge < -0.3 is 5.32 Å². The highest BCUT2D eigenvalue weighted by atomic mass is 15.1. The van der Waals surface area contributed by atoms with Crippen LogP contribution in [0.2, 0.25) is 0 Å². The van der Waals surface area contributed by atoms with E-state index in [2.05, 4.69) is 27.7 Å². The van der Waals surface area contributed by atoms with Gasteiger partial charge in [-0.15, -0.1) is 5.11 Å². The second-order valence-electron chi connectivity index (χ2n) is 4.85. The number of hydrogen-bond donors (Lipinski definition) is 1. The van der Waals surface area contributed by atoms with Gasteiger partial charge in [0.05, 0.1) is 11.4 Å². The molecule has 3 aromatic carbocycles. The Labute approximate surface area is 130 Å². The molecular formula is C19H17N3. The average Bonchev–Trinajstić information content (AvgIpc) is 2.61. The van der Waals surface area contributed by atoms with Crippen LogP contribution >= 0.6 is 0 Å². The number of nitrogens with zero attached hydrogens (tertiary/aromatic N) is 2. The van der Waals surface area contributed by atoms with Crippen molar-refractivity contribution in [2.24, 2.45) is 10.2 Å². The number of nitrogens with one attached hydrogen (secondary N) is 1. The van der Waals surface area contributed by atoms with Crippen LogP contribution in [-0.4, -0.2) is 7.05 Å². The molecule has 3 nitrogen and oxygen atoms in total. The van der Waals surface area contributed by atoms with Crippen molar-refractivity contribution >= 4 is 17.1 Å². The van der Waals surface area contributed by atoms with Crippen LogP contribution in [0.15, 0.2) is 89.1 Å². The van der Waals surface area contributed by atoms with Gasteiger partial charge in [-0.2, -0.15) is 5.11 Å². The summed E-state index contributed by atoms with van der Waals surface area (Å²) in [6.07, 6.45) is 0. The molecule has 3 aromatic rings. The van der Waals surface area contributed by atoms with Crippen LogP contribution in [0.25, 0.3) is 11.1 Å². The lowest BCUT2D eigenvalue weighted by atomic mass is 10.0. The zero-order valence-electron chi connectivity index (χ0n) is 12.4.